The fourth-order valence-corrected chi connectivity index (χ4v) is 10.4. The number of halogens is 3. The molecule has 3 aromatic heterocycles. The maximum atomic E-state index is 14.9. The fourth-order valence-electron chi connectivity index (χ4n) is 8.43. The van der Waals surface area contributed by atoms with Crippen LogP contribution in [0.25, 0.3) is 33.4 Å². The van der Waals surface area contributed by atoms with Crippen LogP contribution in [0.4, 0.5) is 18.9 Å². The molecule has 0 spiro atoms. The van der Waals surface area contributed by atoms with Crippen LogP contribution in [0.15, 0.2) is 35.8 Å². The van der Waals surface area contributed by atoms with Gasteiger partial charge in [-0.25, -0.2) is 19.3 Å². The van der Waals surface area contributed by atoms with E-state index in [2.05, 4.69) is 27.0 Å². The number of nitrogens with one attached hydrogen (secondary N) is 2. The maximum absolute atomic E-state index is 14.9. The first-order valence-corrected chi connectivity index (χ1v) is 22.8. The number of alkyl halides is 3. The molecule has 7 heterocycles. The first-order valence-electron chi connectivity index (χ1n) is 20.7. The van der Waals surface area contributed by atoms with Crippen LogP contribution >= 0.6 is 11.3 Å². The van der Waals surface area contributed by atoms with E-state index < -0.39 is 58.7 Å². The molecule has 1 aromatic carbocycles. The number of fused-ring (bicyclic) bond motifs is 6. The van der Waals surface area contributed by atoms with Gasteiger partial charge in [0, 0.05) is 85.5 Å². The Morgan fingerprint density at radius 1 is 1.13 bits per heavy atom. The number of rotatable bonds is 8. The van der Waals surface area contributed by atoms with Crippen molar-refractivity contribution in [3.05, 3.63) is 52.1 Å². The average molecular weight is 887 g/mol. The number of hydrazine groups is 1. The number of likely N-dealkylation sites (N-methyl/N-ethyl adjacent to an activating group) is 1. The van der Waals surface area contributed by atoms with Crippen LogP contribution in [-0.4, -0.2) is 124 Å². The lowest BCUT2D eigenvalue weighted by molar-refractivity contribution is -0.155. The van der Waals surface area contributed by atoms with Gasteiger partial charge in [0.1, 0.15) is 35.1 Å². The maximum Gasteiger partial charge on any atom is 0.406 e. The van der Waals surface area contributed by atoms with E-state index in [9.17, 15) is 27.0 Å². The molecule has 6 bridgehead atoms. The largest absolute Gasteiger partial charge is 0.464 e. The number of cyclic esters (lactones) is 1. The average Bonchev–Trinajstić information content (AvgIpc) is 3.79. The van der Waals surface area contributed by atoms with Gasteiger partial charge < -0.3 is 28.6 Å². The molecule has 14 nitrogen and oxygen atoms in total. The highest BCUT2D eigenvalue weighted by Gasteiger charge is 2.38. The Hall–Kier alpha value is -3.98. The molecule has 61 heavy (non-hydrogen) atoms. The number of pyridine rings is 1. The Bertz CT molecular complexity index is 2290. The van der Waals surface area contributed by atoms with E-state index in [4.69, 9.17) is 24.2 Å². The summed E-state index contributed by atoms with van der Waals surface area (Å²) in [6.07, 6.45) is -1.48. The van der Waals surface area contributed by atoms with E-state index in [1.807, 2.05) is 38.3 Å². The third-order valence-corrected chi connectivity index (χ3v) is 14.2. The second kappa shape index (κ2) is 17.7. The smallest absolute Gasteiger partial charge is 0.406 e. The van der Waals surface area contributed by atoms with Crippen LogP contribution in [0.2, 0.25) is 0 Å². The van der Waals surface area contributed by atoms with Crippen LogP contribution < -0.4 is 15.0 Å². The first kappa shape index (κ1) is 43.7. The molecular formula is C42H53F3N8O6S2. The SMILES string of the molecule is CO[C@@H](C)c1ncc(N2CCN(C)CC2)cc1-c1c2c3cc(ccc3n1CC(F)(F)F)-c1csc(n1)C[C@H](NS(=O)[C@H]1CCO1)C(=O)N1CCC[C@H](N1)C(=O)OCC(C)(C)C2. The molecule has 0 saturated carbocycles. The summed E-state index contributed by atoms with van der Waals surface area (Å²) >= 11 is 1.33. The van der Waals surface area contributed by atoms with Crippen LogP contribution in [0.1, 0.15) is 62.4 Å². The summed E-state index contributed by atoms with van der Waals surface area (Å²) in [5, 5.41) is 4.44. The topological polar surface area (TPSA) is 143 Å². The monoisotopic (exact) mass is 886 g/mol. The minimum atomic E-state index is -4.58. The zero-order chi connectivity index (χ0) is 43.2. The number of benzene rings is 1. The Labute approximate surface area is 359 Å². The Balaban J connectivity index is 1.30. The van der Waals surface area contributed by atoms with Gasteiger partial charge in [-0.2, -0.15) is 13.2 Å². The zero-order valence-corrected chi connectivity index (χ0v) is 36.7. The van der Waals surface area contributed by atoms with Crippen molar-refractivity contribution >= 4 is 50.8 Å². The van der Waals surface area contributed by atoms with Crippen molar-refractivity contribution in [3.63, 3.8) is 0 Å². The van der Waals surface area contributed by atoms with E-state index in [0.29, 0.717) is 82.1 Å². The first-order chi connectivity index (χ1) is 29.1. The van der Waals surface area contributed by atoms with Gasteiger partial charge in [0.05, 0.1) is 53.3 Å². The molecule has 19 heteroatoms. The van der Waals surface area contributed by atoms with Crippen molar-refractivity contribution in [3.8, 4) is 22.5 Å². The van der Waals surface area contributed by atoms with Gasteiger partial charge in [-0.1, -0.05) is 19.9 Å². The molecule has 0 radical (unpaired) electrons. The number of piperazine rings is 1. The molecule has 8 rings (SSSR count). The van der Waals surface area contributed by atoms with Crippen molar-refractivity contribution in [2.75, 3.05) is 65.0 Å². The minimum absolute atomic E-state index is 0.0516. The van der Waals surface area contributed by atoms with Crippen molar-refractivity contribution in [1.82, 2.24) is 34.6 Å². The lowest BCUT2D eigenvalue weighted by Crippen LogP contribution is -2.60. The normalized spacial score (nSPS) is 24.0. The molecule has 1 amide bonds. The summed E-state index contributed by atoms with van der Waals surface area (Å²) in [5.74, 6) is -0.934. The molecular weight excluding hydrogens is 834 g/mol. The summed E-state index contributed by atoms with van der Waals surface area (Å²) in [6.45, 7) is 8.32. The summed E-state index contributed by atoms with van der Waals surface area (Å²) in [4.78, 5) is 42.1. The number of nitrogens with zero attached hydrogens (tertiary/aromatic N) is 6. The number of anilines is 1. The second-order valence-electron chi connectivity index (χ2n) is 17.2. The number of carbonyl (C=O) groups is 2. The third-order valence-electron chi connectivity index (χ3n) is 11.9. The number of ether oxygens (including phenoxy) is 3. The van der Waals surface area contributed by atoms with Gasteiger partial charge in [-0.15, -0.1) is 11.3 Å². The number of esters is 1. The van der Waals surface area contributed by atoms with E-state index in [1.54, 1.807) is 25.4 Å². The highest BCUT2D eigenvalue weighted by atomic mass is 32.2. The molecule has 2 N–H and O–H groups in total. The summed E-state index contributed by atoms with van der Waals surface area (Å²) in [7, 11) is 1.94. The third kappa shape index (κ3) is 9.52. The fraction of sp³-hybridized carbons (Fsp3) is 0.571. The van der Waals surface area contributed by atoms with Crippen LogP contribution in [-0.2, 0) is 54.2 Å². The van der Waals surface area contributed by atoms with E-state index in [1.165, 1.54) is 20.9 Å². The lowest BCUT2D eigenvalue weighted by atomic mass is 9.84. The van der Waals surface area contributed by atoms with Gasteiger partial charge in [-0.3, -0.25) is 19.6 Å². The van der Waals surface area contributed by atoms with Crippen molar-refractivity contribution in [1.29, 1.82) is 0 Å². The molecule has 0 aliphatic carbocycles. The number of carbonyl (C=O) groups excluding carboxylic acids is 2. The van der Waals surface area contributed by atoms with E-state index >= 15 is 0 Å². The van der Waals surface area contributed by atoms with Crippen LogP contribution in [0.5, 0.6) is 0 Å². The zero-order valence-electron chi connectivity index (χ0n) is 35.0. The van der Waals surface area contributed by atoms with Gasteiger partial charge in [0.25, 0.3) is 5.91 Å². The summed E-state index contributed by atoms with van der Waals surface area (Å²) in [6, 6.07) is 5.52. The lowest BCUT2D eigenvalue weighted by Gasteiger charge is -2.36. The number of hydrogen-bond acceptors (Lipinski definition) is 12. The van der Waals surface area contributed by atoms with Gasteiger partial charge in [-0.05, 0) is 57.0 Å². The van der Waals surface area contributed by atoms with Crippen molar-refractivity contribution in [2.45, 2.75) is 89.2 Å². The predicted octanol–water partition coefficient (Wildman–Crippen LogP) is 5.38. The van der Waals surface area contributed by atoms with E-state index in [0.717, 1.165) is 31.9 Å². The standard InChI is InChI=1S/C42H53F3N8O6S2/c1-25(57-5)37-29(18-27(21-46-37)51-14-12-50(4)13-15-51)38-30-20-41(2,3)24-59-40(55)31-7-6-11-53(48-31)39(54)32(49-61(56)36-10-16-58-36)19-35-47-33(22-60-35)26-8-9-34(28(30)17-26)52(38)23-42(43,44)45/h8-9,17-18,21-22,25,31-32,36,48-49H,6-7,10-16,19-20,23-24H2,1-5H3/t25-,31-,32-,36-,61?/m0/s1. The Morgan fingerprint density at radius 3 is 2.61 bits per heavy atom. The van der Waals surface area contributed by atoms with Gasteiger partial charge >= 0.3 is 12.1 Å². The second-order valence-corrected chi connectivity index (χ2v) is 19.5. The number of hydrogen-bond donors (Lipinski definition) is 2. The molecule has 4 aliphatic rings. The van der Waals surface area contributed by atoms with E-state index in [-0.39, 0.29) is 25.4 Å². The van der Waals surface area contributed by atoms with Crippen molar-refractivity contribution in [2.24, 2.45) is 5.41 Å². The van der Waals surface area contributed by atoms with Gasteiger partial charge in [0.15, 0.2) is 0 Å². The Morgan fingerprint density at radius 2 is 1.90 bits per heavy atom. The minimum Gasteiger partial charge on any atom is -0.464 e. The molecule has 5 atom stereocenters. The molecule has 3 fully saturated rings. The highest BCUT2D eigenvalue weighted by Crippen LogP contribution is 2.44. The van der Waals surface area contributed by atoms with Gasteiger partial charge in [0.2, 0.25) is 0 Å². The molecule has 4 aromatic rings. The molecule has 330 valence electrons. The summed E-state index contributed by atoms with van der Waals surface area (Å²) < 4.78 is 79.4. The predicted molar refractivity (Wildman–Crippen MR) is 227 cm³/mol. The quantitative estimate of drug-likeness (QED) is 0.220. The molecule has 4 aliphatic heterocycles. The number of amides is 1. The highest BCUT2D eigenvalue weighted by molar-refractivity contribution is 7.83. The molecule has 3 saturated heterocycles. The van der Waals surface area contributed by atoms with Crippen molar-refractivity contribution < 1.29 is 41.2 Å². The summed E-state index contributed by atoms with van der Waals surface area (Å²) in [5.41, 5.74) is 6.27. The number of methoxy groups -OCH3 is 1. The number of thiazole rings is 1. The number of aromatic nitrogens is 3. The Kier molecular flexibility index (Phi) is 12.6. The molecule has 1 unspecified atom stereocenters. The van der Waals surface area contributed by atoms with Crippen LogP contribution in [0.3, 0.4) is 0 Å². The van der Waals surface area contributed by atoms with Crippen LogP contribution in [0, 0.1) is 5.41 Å².